The van der Waals surface area contributed by atoms with Gasteiger partial charge in [-0.05, 0) is 24.5 Å². The molecule has 4 rings (SSSR count). The minimum atomic E-state index is 0.505. The van der Waals surface area contributed by atoms with Crippen molar-refractivity contribution in [2.75, 3.05) is 6.26 Å². The Balaban J connectivity index is 2.00. The Labute approximate surface area is 150 Å². The van der Waals surface area contributed by atoms with Crippen LogP contribution in [-0.2, 0) is 0 Å². The number of halogens is 1. The van der Waals surface area contributed by atoms with Gasteiger partial charge >= 0.3 is 0 Å². The first-order valence-corrected chi connectivity index (χ1v) is 9.21. The number of hydrogen-bond acceptors (Lipinski definition) is 8. The van der Waals surface area contributed by atoms with Gasteiger partial charge in [0.05, 0.1) is 17.4 Å². The second-order valence-corrected chi connectivity index (χ2v) is 6.51. The first-order chi connectivity index (χ1) is 11.7. The number of fused-ring (bicyclic) bond motifs is 1. The van der Waals surface area contributed by atoms with Crippen molar-refractivity contribution in [1.82, 2.24) is 28.7 Å². The average Bonchev–Trinajstić information content (AvgIpc) is 3.08. The Kier molecular flexibility index (Phi) is 4.09. The molecule has 1 aromatic carbocycles. The number of thioether (sulfide) groups is 1. The molecule has 0 aliphatic heterocycles. The Hall–Kier alpha value is -2.16. The van der Waals surface area contributed by atoms with E-state index in [9.17, 15) is 0 Å². The molecule has 0 saturated carbocycles. The van der Waals surface area contributed by atoms with Crippen molar-refractivity contribution in [2.45, 2.75) is 5.16 Å². The van der Waals surface area contributed by atoms with Crippen LogP contribution in [-0.4, -0.2) is 34.9 Å². The summed E-state index contributed by atoms with van der Waals surface area (Å²) < 4.78 is 8.36. The van der Waals surface area contributed by atoms with Crippen LogP contribution in [0.4, 0.5) is 0 Å². The van der Waals surface area contributed by atoms with E-state index in [1.807, 2.05) is 36.6 Å². The van der Waals surface area contributed by atoms with Crippen LogP contribution in [0.25, 0.3) is 33.9 Å². The monoisotopic (exact) mass is 372 g/mol. The van der Waals surface area contributed by atoms with E-state index in [-0.39, 0.29) is 0 Å². The van der Waals surface area contributed by atoms with E-state index < -0.39 is 0 Å². The molecule has 6 nitrogen and oxygen atoms in total. The summed E-state index contributed by atoms with van der Waals surface area (Å²) in [5, 5.41) is 1.30. The van der Waals surface area contributed by atoms with Crippen LogP contribution in [0, 0.1) is 0 Å². The fourth-order valence-electron chi connectivity index (χ4n) is 2.22. The molecule has 0 aliphatic rings. The molecule has 0 N–H and O–H groups in total. The average molecular weight is 373 g/mol. The molecule has 24 heavy (non-hydrogen) atoms. The lowest BCUT2D eigenvalue weighted by Crippen LogP contribution is -1.98. The maximum absolute atomic E-state index is 6.13. The van der Waals surface area contributed by atoms with Crippen LogP contribution in [0.1, 0.15) is 0 Å². The van der Waals surface area contributed by atoms with Gasteiger partial charge in [0.15, 0.2) is 5.16 Å². The molecule has 3 heterocycles. The number of aromatic nitrogens is 6. The summed E-state index contributed by atoms with van der Waals surface area (Å²) in [5.41, 5.74) is 3.86. The second kappa shape index (κ2) is 6.39. The zero-order valence-electron chi connectivity index (χ0n) is 12.3. The molecule has 0 bridgehead atoms. The Morgan fingerprint density at radius 2 is 1.79 bits per heavy atom. The predicted octanol–water partition coefficient (Wildman–Crippen LogP) is 3.98. The van der Waals surface area contributed by atoms with Gasteiger partial charge < -0.3 is 0 Å². The molecule has 0 amide bonds. The highest BCUT2D eigenvalue weighted by atomic mass is 35.5. The second-order valence-electron chi connectivity index (χ2n) is 4.77. The van der Waals surface area contributed by atoms with Crippen molar-refractivity contribution in [2.24, 2.45) is 0 Å². The summed E-state index contributed by atoms with van der Waals surface area (Å²) in [4.78, 5) is 18.0. The van der Waals surface area contributed by atoms with Gasteiger partial charge in [-0.25, -0.2) is 19.9 Å². The van der Waals surface area contributed by atoms with Crippen molar-refractivity contribution in [3.63, 3.8) is 0 Å². The van der Waals surface area contributed by atoms with Crippen molar-refractivity contribution in [3.05, 3.63) is 41.6 Å². The fraction of sp³-hybridized carbons (Fsp3) is 0.0667. The normalized spacial score (nSPS) is 11.1. The lowest BCUT2D eigenvalue weighted by molar-refractivity contribution is 0.971. The third-order valence-corrected chi connectivity index (χ3v) is 4.58. The third-order valence-electron chi connectivity index (χ3n) is 3.27. The van der Waals surface area contributed by atoms with E-state index in [4.69, 9.17) is 11.6 Å². The molecule has 0 fully saturated rings. The van der Waals surface area contributed by atoms with E-state index in [0.717, 1.165) is 17.3 Å². The van der Waals surface area contributed by atoms with Gasteiger partial charge in [0.2, 0.25) is 11.3 Å². The van der Waals surface area contributed by atoms with Gasteiger partial charge in [-0.15, -0.1) is 0 Å². The standard InChI is InChI=1S/C15H9ClN6S2/c1-23-15-17-6-5-10(18-15)12-11(8-3-2-4-9(16)7-8)19-13-14(20-12)22-24-21-13/h2-7H,1H3. The molecule has 0 spiro atoms. The lowest BCUT2D eigenvalue weighted by atomic mass is 10.1. The predicted molar refractivity (Wildman–Crippen MR) is 96.3 cm³/mol. The first kappa shape index (κ1) is 15.4. The van der Waals surface area contributed by atoms with E-state index >= 15 is 0 Å². The van der Waals surface area contributed by atoms with Gasteiger partial charge in [-0.3, -0.25) is 0 Å². The third kappa shape index (κ3) is 2.83. The SMILES string of the molecule is CSc1nccc(-c2nc3nsnc3nc2-c2cccc(Cl)c2)n1. The van der Waals surface area contributed by atoms with Crippen molar-refractivity contribution in [3.8, 4) is 22.6 Å². The molecular formula is C15H9ClN6S2. The highest BCUT2D eigenvalue weighted by Crippen LogP contribution is 2.31. The van der Waals surface area contributed by atoms with E-state index in [1.54, 1.807) is 6.20 Å². The van der Waals surface area contributed by atoms with Gasteiger partial charge in [-0.2, -0.15) is 8.75 Å². The molecule has 118 valence electrons. The summed E-state index contributed by atoms with van der Waals surface area (Å²) in [6, 6.07) is 9.28. The molecule has 0 aliphatic carbocycles. The lowest BCUT2D eigenvalue weighted by Gasteiger charge is -2.08. The van der Waals surface area contributed by atoms with Crippen molar-refractivity contribution in [1.29, 1.82) is 0 Å². The van der Waals surface area contributed by atoms with Gasteiger partial charge in [0.1, 0.15) is 11.4 Å². The van der Waals surface area contributed by atoms with E-state index in [1.165, 1.54) is 11.8 Å². The van der Waals surface area contributed by atoms with Crippen LogP contribution >= 0.6 is 35.1 Å². The minimum absolute atomic E-state index is 0.505. The number of nitrogens with zero attached hydrogens (tertiary/aromatic N) is 6. The Bertz CT molecular complexity index is 1040. The smallest absolute Gasteiger partial charge is 0.213 e. The number of rotatable bonds is 3. The largest absolute Gasteiger partial charge is 0.231 e. The molecule has 0 saturated heterocycles. The zero-order valence-corrected chi connectivity index (χ0v) is 14.7. The van der Waals surface area contributed by atoms with Gasteiger partial charge in [0, 0.05) is 16.8 Å². The number of hydrogen-bond donors (Lipinski definition) is 0. The van der Waals surface area contributed by atoms with Crippen LogP contribution < -0.4 is 0 Å². The summed E-state index contributed by atoms with van der Waals surface area (Å²) in [7, 11) is 0. The maximum atomic E-state index is 6.13. The van der Waals surface area contributed by atoms with Crippen LogP contribution in [0.3, 0.4) is 0 Å². The molecular weight excluding hydrogens is 364 g/mol. The topological polar surface area (TPSA) is 77.3 Å². The molecule has 0 radical (unpaired) electrons. The summed E-state index contributed by atoms with van der Waals surface area (Å²) in [5.74, 6) is 0. The molecule has 0 unspecified atom stereocenters. The summed E-state index contributed by atoms with van der Waals surface area (Å²) in [6.45, 7) is 0. The molecule has 4 aromatic rings. The minimum Gasteiger partial charge on any atom is -0.231 e. The van der Waals surface area contributed by atoms with Crippen molar-refractivity contribution < 1.29 is 0 Å². The molecule has 3 aromatic heterocycles. The van der Waals surface area contributed by atoms with Crippen molar-refractivity contribution >= 4 is 46.4 Å². The number of benzene rings is 1. The highest BCUT2D eigenvalue weighted by Gasteiger charge is 2.17. The summed E-state index contributed by atoms with van der Waals surface area (Å²) >= 11 is 8.69. The fourth-order valence-corrected chi connectivity index (χ4v) is 3.21. The van der Waals surface area contributed by atoms with Crippen LogP contribution in [0.5, 0.6) is 0 Å². The van der Waals surface area contributed by atoms with E-state index in [0.29, 0.717) is 38.6 Å². The highest BCUT2D eigenvalue weighted by molar-refractivity contribution is 7.98. The summed E-state index contributed by atoms with van der Waals surface area (Å²) in [6.07, 6.45) is 3.64. The van der Waals surface area contributed by atoms with Gasteiger partial charge in [-0.1, -0.05) is 35.5 Å². The Morgan fingerprint density at radius 3 is 2.54 bits per heavy atom. The molecule has 9 heteroatoms. The zero-order chi connectivity index (χ0) is 16.5. The Morgan fingerprint density at radius 1 is 1.00 bits per heavy atom. The van der Waals surface area contributed by atoms with Gasteiger partial charge in [0.25, 0.3) is 0 Å². The first-order valence-electron chi connectivity index (χ1n) is 6.88. The quantitative estimate of drug-likeness (QED) is 0.397. The van der Waals surface area contributed by atoms with E-state index in [2.05, 4.69) is 28.7 Å². The van der Waals surface area contributed by atoms with Crippen LogP contribution in [0.2, 0.25) is 5.02 Å². The maximum Gasteiger partial charge on any atom is 0.213 e. The van der Waals surface area contributed by atoms with Crippen LogP contribution in [0.15, 0.2) is 41.7 Å². The molecule has 0 atom stereocenters.